The Labute approximate surface area is 182 Å². The number of hydrogen-bond acceptors (Lipinski definition) is 2. The number of benzene rings is 2. The molecule has 0 radical (unpaired) electrons. The second-order valence-corrected chi connectivity index (χ2v) is 9.82. The van der Waals surface area contributed by atoms with Gasteiger partial charge in [-0.2, -0.15) is 0 Å². The Bertz CT molecular complexity index is 824. The molecule has 2 fully saturated rings. The Balaban J connectivity index is 1.64. The van der Waals surface area contributed by atoms with Crippen molar-refractivity contribution in [2.75, 3.05) is 26.8 Å². The van der Waals surface area contributed by atoms with Gasteiger partial charge in [-0.3, -0.25) is 0 Å². The van der Waals surface area contributed by atoms with Crippen LogP contribution in [0.4, 0.5) is 0 Å². The first-order valence-electron chi connectivity index (χ1n) is 12.3. The average molecular weight is 404 g/mol. The number of fused-ring (bicyclic) bond motifs is 3. The summed E-state index contributed by atoms with van der Waals surface area (Å²) in [6.07, 6.45) is 10.9. The molecule has 160 valence electrons. The van der Waals surface area contributed by atoms with Gasteiger partial charge >= 0.3 is 0 Å². The third-order valence-electron chi connectivity index (χ3n) is 8.09. The lowest BCUT2D eigenvalue weighted by Crippen LogP contribution is -2.41. The molecule has 0 heterocycles. The van der Waals surface area contributed by atoms with Gasteiger partial charge in [0.2, 0.25) is 0 Å². The molecule has 2 heteroatoms. The highest BCUT2D eigenvalue weighted by atomic mass is 16.5. The Hall–Kier alpha value is -1.64. The fourth-order valence-electron chi connectivity index (χ4n) is 6.53. The highest BCUT2D eigenvalue weighted by Crippen LogP contribution is 2.51. The lowest BCUT2D eigenvalue weighted by molar-refractivity contribution is 0.108. The van der Waals surface area contributed by atoms with Crippen LogP contribution in [-0.4, -0.2) is 26.8 Å². The van der Waals surface area contributed by atoms with Crippen LogP contribution in [0.1, 0.15) is 92.4 Å². The van der Waals surface area contributed by atoms with Crippen LogP contribution in [0.15, 0.2) is 36.4 Å². The summed E-state index contributed by atoms with van der Waals surface area (Å²) in [4.78, 5) is 0. The summed E-state index contributed by atoms with van der Waals surface area (Å²) in [5, 5.41) is 3.54. The SMILES string of the molecule is CCOCC1(CNC)c2cc(C3CCCC3)ccc2-c2ccc(C3CCCC3)cc21. The highest BCUT2D eigenvalue weighted by Gasteiger charge is 2.44. The molecule has 0 saturated heterocycles. The Morgan fingerprint density at radius 1 is 0.833 bits per heavy atom. The van der Waals surface area contributed by atoms with Crippen LogP contribution in [0.3, 0.4) is 0 Å². The average Bonchev–Trinajstić information content (AvgIpc) is 3.53. The molecule has 0 atom stereocenters. The van der Waals surface area contributed by atoms with Crippen molar-refractivity contribution in [1.82, 2.24) is 5.32 Å². The van der Waals surface area contributed by atoms with Gasteiger partial charge in [-0.25, -0.2) is 0 Å². The lowest BCUT2D eigenvalue weighted by Gasteiger charge is -2.32. The fraction of sp³-hybridized carbons (Fsp3) is 0.571. The topological polar surface area (TPSA) is 21.3 Å². The molecule has 0 aliphatic heterocycles. The normalized spacial score (nSPS) is 20.6. The van der Waals surface area contributed by atoms with Gasteiger partial charge in [0.1, 0.15) is 0 Å². The first-order valence-corrected chi connectivity index (χ1v) is 12.3. The fourth-order valence-corrected chi connectivity index (χ4v) is 6.53. The highest BCUT2D eigenvalue weighted by molar-refractivity contribution is 5.82. The van der Waals surface area contributed by atoms with Crippen LogP contribution < -0.4 is 5.32 Å². The molecule has 2 saturated carbocycles. The molecule has 0 spiro atoms. The molecular weight excluding hydrogens is 366 g/mol. The van der Waals surface area contributed by atoms with Gasteiger partial charge in [-0.1, -0.05) is 62.1 Å². The van der Waals surface area contributed by atoms with E-state index < -0.39 is 0 Å². The number of rotatable bonds is 7. The van der Waals surface area contributed by atoms with E-state index in [1.54, 1.807) is 11.1 Å². The van der Waals surface area contributed by atoms with E-state index in [0.717, 1.165) is 31.6 Å². The predicted octanol–water partition coefficient (Wildman–Crippen LogP) is 6.52. The summed E-state index contributed by atoms with van der Waals surface area (Å²) in [6, 6.07) is 14.8. The van der Waals surface area contributed by atoms with Crippen molar-refractivity contribution in [2.45, 2.75) is 75.5 Å². The van der Waals surface area contributed by atoms with Gasteiger partial charge in [0, 0.05) is 13.2 Å². The van der Waals surface area contributed by atoms with Crippen molar-refractivity contribution in [3.05, 3.63) is 58.7 Å². The van der Waals surface area contributed by atoms with Crippen LogP contribution >= 0.6 is 0 Å². The van der Waals surface area contributed by atoms with Crippen LogP contribution in [-0.2, 0) is 10.2 Å². The molecule has 0 amide bonds. The second kappa shape index (κ2) is 8.48. The van der Waals surface area contributed by atoms with Crippen LogP contribution in [0.5, 0.6) is 0 Å². The summed E-state index contributed by atoms with van der Waals surface area (Å²) < 4.78 is 6.18. The molecular formula is C28H37NO. The molecule has 0 unspecified atom stereocenters. The van der Waals surface area contributed by atoms with Gasteiger partial charge < -0.3 is 10.1 Å². The lowest BCUT2D eigenvalue weighted by atomic mass is 9.76. The third kappa shape index (κ3) is 3.33. The van der Waals surface area contributed by atoms with E-state index >= 15 is 0 Å². The van der Waals surface area contributed by atoms with Crippen LogP contribution in [0, 0.1) is 0 Å². The third-order valence-corrected chi connectivity index (χ3v) is 8.09. The minimum Gasteiger partial charge on any atom is -0.380 e. The molecule has 3 aliphatic rings. The number of hydrogen-bond donors (Lipinski definition) is 1. The van der Waals surface area contributed by atoms with Crippen molar-refractivity contribution < 1.29 is 4.74 Å². The summed E-state index contributed by atoms with van der Waals surface area (Å²) in [5.74, 6) is 1.49. The molecule has 2 aromatic rings. The zero-order chi connectivity index (χ0) is 20.6. The smallest absolute Gasteiger partial charge is 0.0616 e. The zero-order valence-corrected chi connectivity index (χ0v) is 18.8. The summed E-state index contributed by atoms with van der Waals surface area (Å²) >= 11 is 0. The number of nitrogens with one attached hydrogen (secondary N) is 1. The molecule has 0 bridgehead atoms. The van der Waals surface area contributed by atoms with Crippen LogP contribution in [0.2, 0.25) is 0 Å². The summed E-state index contributed by atoms with van der Waals surface area (Å²) in [6.45, 7) is 4.57. The molecule has 0 aromatic heterocycles. The van der Waals surface area contributed by atoms with E-state index in [9.17, 15) is 0 Å². The molecule has 30 heavy (non-hydrogen) atoms. The largest absolute Gasteiger partial charge is 0.380 e. The maximum absolute atomic E-state index is 6.18. The van der Waals surface area contributed by atoms with Crippen molar-refractivity contribution in [3.8, 4) is 11.1 Å². The maximum Gasteiger partial charge on any atom is 0.0616 e. The van der Waals surface area contributed by atoms with Crippen molar-refractivity contribution in [2.24, 2.45) is 0 Å². The van der Waals surface area contributed by atoms with Gasteiger partial charge in [-0.15, -0.1) is 0 Å². The van der Waals surface area contributed by atoms with Gasteiger partial charge in [0.15, 0.2) is 0 Å². The molecule has 3 aliphatic carbocycles. The Kier molecular flexibility index (Phi) is 5.73. The summed E-state index contributed by atoms with van der Waals surface area (Å²) in [7, 11) is 2.09. The molecule has 5 rings (SSSR count). The van der Waals surface area contributed by atoms with E-state index in [1.165, 1.54) is 73.6 Å². The van der Waals surface area contributed by atoms with E-state index in [4.69, 9.17) is 4.74 Å². The summed E-state index contributed by atoms with van der Waals surface area (Å²) in [5.41, 5.74) is 8.86. The molecule has 2 nitrogen and oxygen atoms in total. The van der Waals surface area contributed by atoms with E-state index in [2.05, 4.69) is 55.7 Å². The standard InChI is InChI=1S/C28H37NO/c1-3-30-19-28(18-29-2)26-16-22(20-8-4-5-9-20)12-14-24(26)25-15-13-23(17-27(25)28)21-10-6-7-11-21/h12-17,20-21,29H,3-11,18-19H2,1-2H3. The number of likely N-dealkylation sites (N-methyl/N-ethyl adjacent to an activating group) is 1. The van der Waals surface area contributed by atoms with Crippen molar-refractivity contribution in [3.63, 3.8) is 0 Å². The van der Waals surface area contributed by atoms with Gasteiger partial charge in [0.05, 0.1) is 12.0 Å². The van der Waals surface area contributed by atoms with E-state index in [0.29, 0.717) is 0 Å². The van der Waals surface area contributed by atoms with Gasteiger partial charge in [0.25, 0.3) is 0 Å². The van der Waals surface area contributed by atoms with Gasteiger partial charge in [-0.05, 0) is 84.9 Å². The Morgan fingerprint density at radius 2 is 1.33 bits per heavy atom. The monoisotopic (exact) mass is 403 g/mol. The van der Waals surface area contributed by atoms with E-state index in [-0.39, 0.29) is 5.41 Å². The molecule has 1 N–H and O–H groups in total. The first kappa shape index (κ1) is 20.3. The van der Waals surface area contributed by atoms with Crippen molar-refractivity contribution in [1.29, 1.82) is 0 Å². The quantitative estimate of drug-likeness (QED) is 0.568. The maximum atomic E-state index is 6.18. The van der Waals surface area contributed by atoms with E-state index in [1.807, 2.05) is 0 Å². The Morgan fingerprint density at radius 3 is 1.77 bits per heavy atom. The van der Waals surface area contributed by atoms with Crippen molar-refractivity contribution >= 4 is 0 Å². The predicted molar refractivity (Wildman–Crippen MR) is 125 cm³/mol. The zero-order valence-electron chi connectivity index (χ0n) is 18.8. The minimum atomic E-state index is -0.0847. The second-order valence-electron chi connectivity index (χ2n) is 9.82. The number of ether oxygens (including phenoxy) is 1. The minimum absolute atomic E-state index is 0.0847. The first-order chi connectivity index (χ1) is 14.8. The van der Waals surface area contributed by atoms with Crippen LogP contribution in [0.25, 0.3) is 11.1 Å². The molecule has 2 aromatic carbocycles.